The van der Waals surface area contributed by atoms with Gasteiger partial charge in [0, 0.05) is 11.6 Å². The molecule has 0 saturated carbocycles. The van der Waals surface area contributed by atoms with Crippen molar-refractivity contribution in [3.8, 4) is 0 Å². The molecule has 6 heteroatoms. The largest absolute Gasteiger partial charge is 0.375 e. The monoisotopic (exact) mass is 367 g/mol. The summed E-state index contributed by atoms with van der Waals surface area (Å²) in [5.74, 6) is 0.371. The number of nitrogens with one attached hydrogen (secondary N) is 1. The van der Waals surface area contributed by atoms with Crippen LogP contribution in [0.4, 0.5) is 0 Å². The third kappa shape index (κ3) is 5.60. The number of hydrogen-bond donors (Lipinski definition) is 1. The number of sulfonamides is 1. The van der Waals surface area contributed by atoms with Crippen LogP contribution in [-0.2, 0) is 21.4 Å². The summed E-state index contributed by atoms with van der Waals surface area (Å²) in [7, 11) is -3.50. The van der Waals surface area contributed by atoms with Crippen LogP contribution in [-0.4, -0.2) is 21.6 Å². The summed E-state index contributed by atoms with van der Waals surface area (Å²) in [6, 6.07) is 14.3. The maximum atomic E-state index is 12.2. The molecule has 0 aliphatic rings. The van der Waals surface area contributed by atoms with E-state index in [2.05, 4.69) is 18.6 Å². The van der Waals surface area contributed by atoms with Crippen molar-refractivity contribution >= 4 is 21.6 Å². The van der Waals surface area contributed by atoms with E-state index >= 15 is 0 Å². The Morgan fingerprint density at radius 3 is 2.25 bits per heavy atom. The molecule has 4 nitrogen and oxygen atoms in total. The first-order valence-electron chi connectivity index (χ1n) is 7.80. The van der Waals surface area contributed by atoms with Crippen LogP contribution in [0, 0.1) is 0 Å². The molecule has 24 heavy (non-hydrogen) atoms. The van der Waals surface area contributed by atoms with Crippen LogP contribution in [0.15, 0.2) is 53.4 Å². The molecule has 0 saturated heterocycles. The van der Waals surface area contributed by atoms with E-state index in [1.54, 1.807) is 24.3 Å². The first-order valence-corrected chi connectivity index (χ1v) is 9.66. The molecule has 2 aromatic rings. The molecule has 0 aliphatic carbocycles. The van der Waals surface area contributed by atoms with Crippen molar-refractivity contribution in [3.63, 3.8) is 0 Å². The van der Waals surface area contributed by atoms with Gasteiger partial charge in [-0.1, -0.05) is 49.7 Å². The smallest absolute Gasteiger partial charge is 0.240 e. The Morgan fingerprint density at radius 2 is 1.67 bits per heavy atom. The minimum absolute atomic E-state index is 0.224. The van der Waals surface area contributed by atoms with Gasteiger partial charge >= 0.3 is 0 Å². The average molecular weight is 368 g/mol. The van der Waals surface area contributed by atoms with Gasteiger partial charge in [0.2, 0.25) is 10.0 Å². The highest BCUT2D eigenvalue weighted by Gasteiger charge is 2.13. The Bertz CT molecular complexity index is 741. The highest BCUT2D eigenvalue weighted by molar-refractivity contribution is 7.89. The van der Waals surface area contributed by atoms with Gasteiger partial charge < -0.3 is 4.74 Å². The van der Waals surface area contributed by atoms with Crippen molar-refractivity contribution in [2.45, 2.75) is 31.3 Å². The highest BCUT2D eigenvalue weighted by atomic mass is 35.5. The number of ether oxygens (including phenoxy) is 1. The van der Waals surface area contributed by atoms with E-state index in [0.717, 1.165) is 11.1 Å². The fraction of sp³-hybridized carbons (Fsp3) is 0.333. The zero-order valence-corrected chi connectivity index (χ0v) is 15.4. The van der Waals surface area contributed by atoms with Crippen molar-refractivity contribution in [2.75, 3.05) is 13.2 Å². The summed E-state index contributed by atoms with van der Waals surface area (Å²) in [4.78, 5) is 0.268. The van der Waals surface area contributed by atoms with Crippen molar-refractivity contribution in [3.05, 3.63) is 64.7 Å². The van der Waals surface area contributed by atoms with E-state index in [4.69, 9.17) is 16.3 Å². The zero-order valence-electron chi connectivity index (χ0n) is 13.8. The molecule has 0 unspecified atom stereocenters. The molecule has 0 amide bonds. The second-order valence-electron chi connectivity index (χ2n) is 5.80. The first kappa shape index (κ1) is 18.9. The fourth-order valence-electron chi connectivity index (χ4n) is 2.13. The first-order chi connectivity index (χ1) is 11.4. The van der Waals surface area contributed by atoms with Crippen LogP contribution >= 0.6 is 11.6 Å². The summed E-state index contributed by atoms with van der Waals surface area (Å²) < 4.78 is 32.4. The third-order valence-electron chi connectivity index (χ3n) is 3.58. The Labute approximate surface area is 148 Å². The van der Waals surface area contributed by atoms with Crippen molar-refractivity contribution in [1.82, 2.24) is 4.72 Å². The van der Waals surface area contributed by atoms with E-state index in [-0.39, 0.29) is 11.4 Å². The van der Waals surface area contributed by atoms with E-state index in [0.29, 0.717) is 24.2 Å². The van der Waals surface area contributed by atoms with E-state index < -0.39 is 10.0 Å². The second kappa shape index (κ2) is 8.62. The number of benzene rings is 2. The molecule has 2 rings (SSSR count). The van der Waals surface area contributed by atoms with Crippen molar-refractivity contribution in [2.24, 2.45) is 0 Å². The second-order valence-corrected chi connectivity index (χ2v) is 8.00. The minimum atomic E-state index is -3.50. The number of rotatable bonds is 8. The van der Waals surface area contributed by atoms with Crippen LogP contribution in [0.1, 0.15) is 30.9 Å². The molecule has 2 aromatic carbocycles. The maximum absolute atomic E-state index is 12.2. The quantitative estimate of drug-likeness (QED) is 0.718. The molecule has 1 N–H and O–H groups in total. The molecule has 0 heterocycles. The number of halogens is 1. The van der Waals surface area contributed by atoms with Crippen LogP contribution in [0.25, 0.3) is 0 Å². The van der Waals surface area contributed by atoms with Crippen LogP contribution in [0.3, 0.4) is 0 Å². The highest BCUT2D eigenvalue weighted by Crippen LogP contribution is 2.17. The van der Waals surface area contributed by atoms with Crippen LogP contribution < -0.4 is 4.72 Å². The summed E-state index contributed by atoms with van der Waals surface area (Å²) in [5.41, 5.74) is 2.10. The molecule has 0 spiro atoms. The van der Waals surface area contributed by atoms with Gasteiger partial charge in [-0.15, -0.1) is 0 Å². The lowest BCUT2D eigenvalue weighted by Crippen LogP contribution is -2.27. The van der Waals surface area contributed by atoms with Gasteiger partial charge in [0.05, 0.1) is 18.1 Å². The molecule has 0 fully saturated rings. The molecule has 0 bridgehead atoms. The van der Waals surface area contributed by atoms with Gasteiger partial charge in [-0.05, 0) is 41.3 Å². The molecule has 130 valence electrons. The van der Waals surface area contributed by atoms with Gasteiger partial charge in [-0.2, -0.15) is 0 Å². The van der Waals surface area contributed by atoms with Crippen molar-refractivity contribution in [1.29, 1.82) is 0 Å². The molecular weight excluding hydrogens is 346 g/mol. The minimum Gasteiger partial charge on any atom is -0.375 e. The van der Waals surface area contributed by atoms with Gasteiger partial charge in [0.25, 0.3) is 0 Å². The van der Waals surface area contributed by atoms with Gasteiger partial charge in [-0.25, -0.2) is 13.1 Å². The normalized spacial score (nSPS) is 11.8. The predicted molar refractivity (Wildman–Crippen MR) is 96.8 cm³/mol. The summed E-state index contributed by atoms with van der Waals surface area (Å²) in [5, 5.41) is 0.676. The Kier molecular flexibility index (Phi) is 6.80. The molecule has 0 radical (unpaired) electrons. The molecule has 0 aromatic heterocycles. The van der Waals surface area contributed by atoms with Crippen LogP contribution in [0.2, 0.25) is 5.02 Å². The fourth-order valence-corrected chi connectivity index (χ4v) is 3.27. The zero-order chi connectivity index (χ0) is 17.6. The predicted octanol–water partition coefficient (Wildman–Crippen LogP) is 3.96. The van der Waals surface area contributed by atoms with Gasteiger partial charge in [-0.3, -0.25) is 0 Å². The average Bonchev–Trinajstić information content (AvgIpc) is 2.56. The topological polar surface area (TPSA) is 55.4 Å². The number of hydrogen-bond acceptors (Lipinski definition) is 3. The Morgan fingerprint density at radius 1 is 1.04 bits per heavy atom. The summed E-state index contributed by atoms with van der Waals surface area (Å²) >= 11 is 5.81. The molecule has 0 atom stereocenters. The van der Waals surface area contributed by atoms with Gasteiger partial charge in [0.1, 0.15) is 0 Å². The standard InChI is InChI=1S/C18H22ClNO3S/c1-14(2)16-5-9-18(10-6-16)24(21,22)20-11-12-23-13-15-3-7-17(19)8-4-15/h3-10,14,20H,11-13H2,1-2H3. The lowest BCUT2D eigenvalue weighted by Gasteiger charge is -2.09. The summed E-state index contributed by atoms with van der Waals surface area (Å²) in [6.45, 7) is 5.08. The lowest BCUT2D eigenvalue weighted by atomic mass is 10.0. The van der Waals surface area contributed by atoms with E-state index in [1.165, 1.54) is 0 Å². The Hall–Kier alpha value is -1.40. The van der Waals surface area contributed by atoms with E-state index in [9.17, 15) is 8.42 Å². The maximum Gasteiger partial charge on any atom is 0.240 e. The molecule has 0 aliphatic heterocycles. The SMILES string of the molecule is CC(C)c1ccc(S(=O)(=O)NCCOCc2ccc(Cl)cc2)cc1. The van der Waals surface area contributed by atoms with E-state index in [1.807, 2.05) is 24.3 Å². The lowest BCUT2D eigenvalue weighted by molar-refractivity contribution is 0.126. The third-order valence-corrected chi connectivity index (χ3v) is 5.31. The van der Waals surface area contributed by atoms with Crippen LogP contribution in [0.5, 0.6) is 0 Å². The summed E-state index contributed by atoms with van der Waals surface area (Å²) in [6.07, 6.45) is 0. The van der Waals surface area contributed by atoms with Gasteiger partial charge in [0.15, 0.2) is 0 Å². The molecular formula is C18H22ClNO3S. The Balaban J connectivity index is 1.79. The van der Waals surface area contributed by atoms with Crippen molar-refractivity contribution < 1.29 is 13.2 Å².